The smallest absolute Gasteiger partial charge is 0.204 e. The number of hydrogen-bond acceptors (Lipinski definition) is 3. The summed E-state index contributed by atoms with van der Waals surface area (Å²) >= 11 is 6.80. The third kappa shape index (κ3) is 2.71. The molecule has 100 valence electrons. The molecule has 1 nitrogen and oxygen atoms in total. The van der Waals surface area contributed by atoms with E-state index in [4.69, 9.17) is 0 Å². The number of aryl methyl sites for hydroxylation is 3. The Morgan fingerprint density at radius 1 is 1.16 bits per heavy atom. The van der Waals surface area contributed by atoms with Gasteiger partial charge in [0.15, 0.2) is 0 Å². The van der Waals surface area contributed by atoms with Gasteiger partial charge in [-0.25, -0.2) is 0 Å². The first-order chi connectivity index (χ1) is 9.15. The minimum absolute atomic E-state index is 0.192. The van der Waals surface area contributed by atoms with Gasteiger partial charge in [0.25, 0.3) is 0 Å². The molecule has 0 saturated carbocycles. The van der Waals surface area contributed by atoms with Crippen molar-refractivity contribution in [3.63, 3.8) is 0 Å². The molecule has 2 heterocycles. The third-order valence-corrected chi connectivity index (χ3v) is 6.39. The Hall–Kier alpha value is -0.450. The van der Waals surface area contributed by atoms with Crippen molar-refractivity contribution in [2.75, 3.05) is 0 Å². The van der Waals surface area contributed by atoms with Gasteiger partial charge in [0, 0.05) is 15.3 Å². The van der Waals surface area contributed by atoms with Crippen molar-refractivity contribution in [2.45, 2.75) is 39.0 Å². The summed E-state index contributed by atoms with van der Waals surface area (Å²) in [5, 5.41) is 0. The monoisotopic (exact) mass is 354 g/mol. The zero-order chi connectivity index (χ0) is 13.4. The van der Waals surface area contributed by atoms with Gasteiger partial charge in [-0.3, -0.25) is 4.79 Å². The summed E-state index contributed by atoms with van der Waals surface area (Å²) in [4.78, 5) is 16.0. The second-order valence-corrected chi connectivity index (χ2v) is 8.74. The molecule has 3 rings (SSSR count). The quantitative estimate of drug-likeness (QED) is 0.522. The normalized spacial score (nSPS) is 15.1. The van der Waals surface area contributed by atoms with Gasteiger partial charge in [0.2, 0.25) is 5.78 Å². The van der Waals surface area contributed by atoms with Crippen LogP contribution in [0.2, 0.25) is 0 Å². The van der Waals surface area contributed by atoms with Gasteiger partial charge >= 0.3 is 0 Å². The lowest BCUT2D eigenvalue weighted by molar-refractivity contribution is 0.104. The molecule has 0 N–H and O–H groups in total. The minimum Gasteiger partial charge on any atom is -0.288 e. The molecule has 0 amide bonds. The van der Waals surface area contributed by atoms with E-state index in [1.807, 2.05) is 13.0 Å². The maximum Gasteiger partial charge on any atom is 0.204 e. The molecule has 19 heavy (non-hydrogen) atoms. The Labute approximate surface area is 129 Å². The molecule has 0 bridgehead atoms. The van der Waals surface area contributed by atoms with E-state index in [2.05, 4.69) is 22.0 Å². The fraction of sp³-hybridized carbons (Fsp3) is 0.400. The maximum atomic E-state index is 12.6. The van der Waals surface area contributed by atoms with Gasteiger partial charge in [-0.15, -0.1) is 22.7 Å². The van der Waals surface area contributed by atoms with Crippen molar-refractivity contribution in [3.05, 3.63) is 41.7 Å². The average Bonchev–Trinajstić information content (AvgIpc) is 2.85. The Kier molecular flexibility index (Phi) is 3.92. The van der Waals surface area contributed by atoms with Crippen LogP contribution in [0.3, 0.4) is 0 Å². The summed E-state index contributed by atoms with van der Waals surface area (Å²) in [5.41, 5.74) is 2.27. The second kappa shape index (κ2) is 5.51. The van der Waals surface area contributed by atoms with E-state index in [0.29, 0.717) is 0 Å². The lowest BCUT2D eigenvalue weighted by atomic mass is 10.1. The highest BCUT2D eigenvalue weighted by Gasteiger charge is 2.20. The molecule has 0 spiro atoms. The summed E-state index contributed by atoms with van der Waals surface area (Å²) in [6.07, 6.45) is 6.15. The summed E-state index contributed by atoms with van der Waals surface area (Å²) in [5.74, 6) is 0.192. The van der Waals surface area contributed by atoms with Gasteiger partial charge in [-0.1, -0.05) is 6.42 Å². The van der Waals surface area contributed by atoms with Crippen molar-refractivity contribution >= 4 is 44.4 Å². The minimum atomic E-state index is 0.192. The van der Waals surface area contributed by atoms with Crippen molar-refractivity contribution < 1.29 is 4.79 Å². The summed E-state index contributed by atoms with van der Waals surface area (Å²) < 4.78 is 1.03. The molecule has 1 aliphatic rings. The molecule has 1 aliphatic carbocycles. The number of ketones is 1. The number of thiophene rings is 2. The van der Waals surface area contributed by atoms with E-state index in [1.165, 1.54) is 29.7 Å². The van der Waals surface area contributed by atoms with Gasteiger partial charge in [0.1, 0.15) is 0 Å². The Bertz CT molecular complexity index is 601. The van der Waals surface area contributed by atoms with E-state index in [-0.39, 0.29) is 5.78 Å². The zero-order valence-electron chi connectivity index (χ0n) is 10.8. The number of rotatable bonds is 2. The third-order valence-electron chi connectivity index (χ3n) is 3.60. The van der Waals surface area contributed by atoms with Crippen LogP contribution in [0.25, 0.3) is 0 Å². The molecule has 0 unspecified atom stereocenters. The first-order valence-electron chi connectivity index (χ1n) is 6.57. The van der Waals surface area contributed by atoms with Gasteiger partial charge in [0.05, 0.1) is 8.66 Å². The molecule has 0 fully saturated rings. The molecule has 2 aromatic rings. The number of carbonyl (C=O) groups is 1. The number of fused-ring (bicyclic) bond motifs is 1. The van der Waals surface area contributed by atoms with Crippen LogP contribution < -0.4 is 0 Å². The molecular weight excluding hydrogens is 340 g/mol. The van der Waals surface area contributed by atoms with Crippen LogP contribution >= 0.6 is 38.6 Å². The Balaban J connectivity index is 1.94. The van der Waals surface area contributed by atoms with Crippen LogP contribution in [0.1, 0.15) is 49.8 Å². The molecule has 0 saturated heterocycles. The lowest BCUT2D eigenvalue weighted by Crippen LogP contribution is -1.98. The SMILES string of the molecule is Cc1sc(Br)cc1C(=O)c1cc2c(s1)CCCCC2. The topological polar surface area (TPSA) is 17.1 Å². The second-order valence-electron chi connectivity index (χ2n) is 4.97. The maximum absolute atomic E-state index is 12.6. The van der Waals surface area contributed by atoms with Crippen LogP contribution in [0, 0.1) is 6.92 Å². The van der Waals surface area contributed by atoms with E-state index < -0.39 is 0 Å². The fourth-order valence-electron chi connectivity index (χ4n) is 2.58. The lowest BCUT2D eigenvalue weighted by Gasteiger charge is -1.96. The number of hydrogen-bond donors (Lipinski definition) is 0. The molecule has 4 heteroatoms. The van der Waals surface area contributed by atoms with Gasteiger partial charge in [-0.2, -0.15) is 0 Å². The van der Waals surface area contributed by atoms with Crippen molar-refractivity contribution in [3.8, 4) is 0 Å². The molecule has 0 radical (unpaired) electrons. The predicted octanol–water partition coefficient (Wildman–Crippen LogP) is 5.38. The van der Waals surface area contributed by atoms with Gasteiger partial charge in [-0.05, 0) is 66.2 Å². The first-order valence-corrected chi connectivity index (χ1v) is 9.00. The van der Waals surface area contributed by atoms with E-state index in [1.54, 1.807) is 22.7 Å². The highest BCUT2D eigenvalue weighted by atomic mass is 79.9. The summed E-state index contributed by atoms with van der Waals surface area (Å²) in [6.45, 7) is 2.02. The van der Waals surface area contributed by atoms with Crippen LogP contribution in [0.5, 0.6) is 0 Å². The van der Waals surface area contributed by atoms with E-state index in [9.17, 15) is 4.79 Å². The number of halogens is 1. The van der Waals surface area contributed by atoms with E-state index in [0.717, 1.165) is 31.9 Å². The Morgan fingerprint density at radius 3 is 2.68 bits per heavy atom. The summed E-state index contributed by atoms with van der Waals surface area (Å²) in [7, 11) is 0. The van der Waals surface area contributed by atoms with Gasteiger partial charge < -0.3 is 0 Å². The van der Waals surface area contributed by atoms with Crippen molar-refractivity contribution in [1.82, 2.24) is 0 Å². The fourth-order valence-corrected chi connectivity index (χ4v) is 5.48. The highest BCUT2D eigenvalue weighted by Crippen LogP contribution is 2.33. The number of carbonyl (C=O) groups excluding carboxylic acids is 1. The molecule has 0 aliphatic heterocycles. The largest absolute Gasteiger partial charge is 0.288 e. The summed E-state index contributed by atoms with van der Waals surface area (Å²) in [6, 6.07) is 4.09. The van der Waals surface area contributed by atoms with Crippen LogP contribution in [-0.2, 0) is 12.8 Å². The first kappa shape index (κ1) is 13.5. The standard InChI is InChI=1S/C15H15BrOS2/c1-9-11(8-14(16)18-9)15(17)13-7-10-5-3-2-4-6-12(10)19-13/h7-8H,2-6H2,1H3. The molecular formula is C15H15BrOS2. The van der Waals surface area contributed by atoms with E-state index >= 15 is 0 Å². The predicted molar refractivity (Wildman–Crippen MR) is 85.8 cm³/mol. The molecule has 0 atom stereocenters. The Morgan fingerprint density at radius 2 is 1.95 bits per heavy atom. The molecule has 0 aromatic carbocycles. The molecule has 2 aromatic heterocycles. The zero-order valence-corrected chi connectivity index (χ0v) is 14.0. The van der Waals surface area contributed by atoms with Crippen LogP contribution in [0.4, 0.5) is 0 Å². The van der Waals surface area contributed by atoms with Crippen LogP contribution in [0.15, 0.2) is 15.9 Å². The van der Waals surface area contributed by atoms with Crippen LogP contribution in [-0.4, -0.2) is 5.78 Å². The highest BCUT2D eigenvalue weighted by molar-refractivity contribution is 9.11. The van der Waals surface area contributed by atoms with Crippen molar-refractivity contribution in [2.24, 2.45) is 0 Å². The van der Waals surface area contributed by atoms with Crippen molar-refractivity contribution in [1.29, 1.82) is 0 Å². The average molecular weight is 355 g/mol.